The zero-order valence-electron chi connectivity index (χ0n) is 14.1. The van der Waals surface area contributed by atoms with Crippen molar-refractivity contribution in [3.05, 3.63) is 66.0 Å². The molecule has 7 heteroatoms. The SMILES string of the molecule is O=C(O)N1CC[C@](C(=O)O)(c2ccccn2)[C@@H](OCc2ccccc2)C1. The third-order valence-electron chi connectivity index (χ3n) is 4.78. The summed E-state index contributed by atoms with van der Waals surface area (Å²) < 4.78 is 5.96. The Morgan fingerprint density at radius 3 is 2.50 bits per heavy atom. The first kappa shape index (κ1) is 17.9. The molecule has 1 fully saturated rings. The Balaban J connectivity index is 1.94. The summed E-state index contributed by atoms with van der Waals surface area (Å²) >= 11 is 0. The van der Waals surface area contributed by atoms with Crippen LogP contribution in [0.4, 0.5) is 4.79 Å². The first-order chi connectivity index (χ1) is 12.5. The molecule has 1 saturated heterocycles. The van der Waals surface area contributed by atoms with E-state index in [0.717, 1.165) is 5.56 Å². The van der Waals surface area contributed by atoms with Gasteiger partial charge in [-0.2, -0.15) is 0 Å². The Morgan fingerprint density at radius 1 is 1.15 bits per heavy atom. The number of piperidine rings is 1. The van der Waals surface area contributed by atoms with E-state index in [1.807, 2.05) is 30.3 Å². The lowest BCUT2D eigenvalue weighted by Crippen LogP contribution is -2.59. The Morgan fingerprint density at radius 2 is 1.88 bits per heavy atom. The maximum Gasteiger partial charge on any atom is 0.407 e. The van der Waals surface area contributed by atoms with Gasteiger partial charge in [0.1, 0.15) is 5.41 Å². The van der Waals surface area contributed by atoms with E-state index < -0.39 is 23.6 Å². The van der Waals surface area contributed by atoms with Gasteiger partial charge in [0.05, 0.1) is 24.9 Å². The number of ether oxygens (including phenoxy) is 1. The fraction of sp³-hybridized carbons (Fsp3) is 0.316. The Labute approximate surface area is 150 Å². The quantitative estimate of drug-likeness (QED) is 0.853. The van der Waals surface area contributed by atoms with Crippen molar-refractivity contribution in [3.63, 3.8) is 0 Å². The Kier molecular flexibility index (Phi) is 5.18. The van der Waals surface area contributed by atoms with Gasteiger partial charge in [0.2, 0.25) is 0 Å². The normalized spacial score (nSPS) is 22.8. The third-order valence-corrected chi connectivity index (χ3v) is 4.78. The molecular formula is C19H20N2O5. The lowest BCUT2D eigenvalue weighted by molar-refractivity contribution is -0.157. The van der Waals surface area contributed by atoms with Gasteiger partial charge < -0.3 is 19.8 Å². The van der Waals surface area contributed by atoms with Crippen molar-refractivity contribution in [1.82, 2.24) is 9.88 Å². The van der Waals surface area contributed by atoms with Crippen molar-refractivity contribution in [3.8, 4) is 0 Å². The fourth-order valence-electron chi connectivity index (χ4n) is 3.33. The summed E-state index contributed by atoms with van der Waals surface area (Å²) in [5.74, 6) is -1.06. The molecule has 0 aliphatic carbocycles. The lowest BCUT2D eigenvalue weighted by atomic mass is 9.73. The van der Waals surface area contributed by atoms with Gasteiger partial charge in [-0.3, -0.25) is 9.78 Å². The highest BCUT2D eigenvalue weighted by Gasteiger charge is 2.53. The van der Waals surface area contributed by atoms with E-state index in [2.05, 4.69) is 4.98 Å². The van der Waals surface area contributed by atoms with Crippen molar-refractivity contribution in [2.45, 2.75) is 24.5 Å². The fourth-order valence-corrected chi connectivity index (χ4v) is 3.33. The number of aromatic nitrogens is 1. The molecule has 136 valence electrons. The van der Waals surface area contributed by atoms with Gasteiger partial charge in [-0.1, -0.05) is 36.4 Å². The molecule has 2 heterocycles. The number of amides is 1. The average molecular weight is 356 g/mol. The molecule has 2 N–H and O–H groups in total. The van der Waals surface area contributed by atoms with E-state index in [1.54, 1.807) is 18.2 Å². The van der Waals surface area contributed by atoms with Gasteiger partial charge in [0.15, 0.2) is 0 Å². The summed E-state index contributed by atoms with van der Waals surface area (Å²) in [5.41, 5.74) is -0.113. The third kappa shape index (κ3) is 3.39. The standard InChI is InChI=1S/C19H20N2O5/c22-17(23)19(15-8-4-5-10-20-15)9-11-21(18(24)25)12-16(19)26-13-14-6-2-1-3-7-14/h1-8,10,16H,9,11-13H2,(H,22,23)(H,24,25)/t16-,19-/m0/s1. The molecule has 0 unspecified atom stereocenters. The Hall–Kier alpha value is -2.93. The van der Waals surface area contributed by atoms with Crippen LogP contribution in [0.5, 0.6) is 0 Å². The zero-order valence-corrected chi connectivity index (χ0v) is 14.1. The molecule has 1 aliphatic rings. The number of carbonyl (C=O) groups is 2. The second kappa shape index (κ2) is 7.53. The van der Waals surface area contributed by atoms with Crippen LogP contribution in [0.3, 0.4) is 0 Å². The van der Waals surface area contributed by atoms with Gasteiger partial charge in [-0.25, -0.2) is 4.79 Å². The van der Waals surface area contributed by atoms with Crippen LogP contribution in [0, 0.1) is 0 Å². The first-order valence-corrected chi connectivity index (χ1v) is 8.32. The number of aliphatic carboxylic acids is 1. The summed E-state index contributed by atoms with van der Waals surface area (Å²) in [7, 11) is 0. The summed E-state index contributed by atoms with van der Waals surface area (Å²) in [4.78, 5) is 29.1. The summed E-state index contributed by atoms with van der Waals surface area (Å²) in [6.45, 7) is 0.287. The predicted molar refractivity (Wildman–Crippen MR) is 92.8 cm³/mol. The van der Waals surface area contributed by atoms with Crippen LogP contribution in [0.25, 0.3) is 0 Å². The molecule has 0 saturated carbocycles. The minimum absolute atomic E-state index is 0.0228. The van der Waals surface area contributed by atoms with E-state index in [-0.39, 0.29) is 26.1 Å². The second-order valence-electron chi connectivity index (χ2n) is 6.26. The van der Waals surface area contributed by atoms with Crippen molar-refractivity contribution < 1.29 is 24.5 Å². The van der Waals surface area contributed by atoms with E-state index in [9.17, 15) is 19.8 Å². The highest BCUT2D eigenvalue weighted by Crippen LogP contribution is 2.37. The van der Waals surface area contributed by atoms with E-state index in [1.165, 1.54) is 11.1 Å². The van der Waals surface area contributed by atoms with Crippen LogP contribution in [0.1, 0.15) is 17.7 Å². The van der Waals surface area contributed by atoms with Crippen molar-refractivity contribution in [2.24, 2.45) is 0 Å². The first-order valence-electron chi connectivity index (χ1n) is 8.32. The molecule has 1 amide bonds. The molecule has 0 bridgehead atoms. The smallest absolute Gasteiger partial charge is 0.407 e. The average Bonchev–Trinajstić information content (AvgIpc) is 2.67. The number of pyridine rings is 1. The molecular weight excluding hydrogens is 336 g/mol. The van der Waals surface area contributed by atoms with Crippen LogP contribution in [-0.2, 0) is 21.6 Å². The number of hydrogen-bond acceptors (Lipinski definition) is 4. The summed E-state index contributed by atoms with van der Waals surface area (Å²) in [5, 5.41) is 19.4. The Bertz CT molecular complexity index is 768. The van der Waals surface area contributed by atoms with Gasteiger partial charge in [0.25, 0.3) is 0 Å². The molecule has 1 aromatic carbocycles. The predicted octanol–water partition coefficient (Wildman–Crippen LogP) is 2.37. The molecule has 3 rings (SSSR count). The minimum atomic E-state index is -1.39. The molecule has 1 aromatic heterocycles. The highest BCUT2D eigenvalue weighted by molar-refractivity contribution is 5.82. The largest absolute Gasteiger partial charge is 0.480 e. The van der Waals surface area contributed by atoms with Gasteiger partial charge >= 0.3 is 12.1 Å². The molecule has 1 aliphatic heterocycles. The van der Waals surface area contributed by atoms with Crippen LogP contribution in [0.2, 0.25) is 0 Å². The van der Waals surface area contributed by atoms with Crippen LogP contribution >= 0.6 is 0 Å². The number of nitrogens with zero attached hydrogens (tertiary/aromatic N) is 2. The number of rotatable bonds is 5. The molecule has 2 atom stereocenters. The van der Waals surface area contributed by atoms with Gasteiger partial charge in [-0.05, 0) is 24.1 Å². The van der Waals surface area contributed by atoms with E-state index >= 15 is 0 Å². The zero-order chi connectivity index (χ0) is 18.6. The molecule has 7 nitrogen and oxygen atoms in total. The number of hydrogen-bond donors (Lipinski definition) is 2. The minimum Gasteiger partial charge on any atom is -0.480 e. The number of carboxylic acid groups (broad SMARTS) is 2. The van der Waals surface area contributed by atoms with Gasteiger partial charge in [-0.15, -0.1) is 0 Å². The van der Waals surface area contributed by atoms with Crippen molar-refractivity contribution in [1.29, 1.82) is 0 Å². The topological polar surface area (TPSA) is 100.0 Å². The van der Waals surface area contributed by atoms with Crippen molar-refractivity contribution in [2.75, 3.05) is 13.1 Å². The summed E-state index contributed by atoms with van der Waals surface area (Å²) in [6.07, 6.45) is -0.290. The maximum absolute atomic E-state index is 12.3. The molecule has 26 heavy (non-hydrogen) atoms. The maximum atomic E-state index is 12.3. The molecule has 0 radical (unpaired) electrons. The van der Waals surface area contributed by atoms with Gasteiger partial charge in [0, 0.05) is 12.7 Å². The van der Waals surface area contributed by atoms with Crippen LogP contribution in [-0.4, -0.2) is 51.4 Å². The monoisotopic (exact) mass is 356 g/mol. The van der Waals surface area contributed by atoms with E-state index in [4.69, 9.17) is 4.74 Å². The number of likely N-dealkylation sites (tertiary alicyclic amines) is 1. The van der Waals surface area contributed by atoms with Crippen LogP contribution < -0.4 is 0 Å². The molecule has 0 spiro atoms. The number of benzene rings is 1. The van der Waals surface area contributed by atoms with Crippen LogP contribution in [0.15, 0.2) is 54.7 Å². The second-order valence-corrected chi connectivity index (χ2v) is 6.26. The van der Waals surface area contributed by atoms with Crippen molar-refractivity contribution >= 4 is 12.1 Å². The highest BCUT2D eigenvalue weighted by atomic mass is 16.5. The number of carboxylic acids is 1. The lowest BCUT2D eigenvalue weighted by Gasteiger charge is -2.43. The van der Waals surface area contributed by atoms with E-state index in [0.29, 0.717) is 5.69 Å². The molecule has 2 aromatic rings. The summed E-state index contributed by atoms with van der Waals surface area (Å²) in [6, 6.07) is 14.5.